The van der Waals surface area contributed by atoms with Gasteiger partial charge in [0, 0.05) is 0 Å². The highest BCUT2D eigenvalue weighted by molar-refractivity contribution is 6.28. The number of carbonyl (C=O) groups excluding carboxylic acids is 1. The molecule has 0 amide bonds. The lowest BCUT2D eigenvalue weighted by molar-refractivity contribution is 0.0587. The second kappa shape index (κ2) is 4.28. The van der Waals surface area contributed by atoms with Crippen LogP contribution in [0.5, 0.6) is 0 Å². The molecule has 1 N–H and O–H groups in total. The first kappa shape index (κ1) is 11.5. The number of fused-ring (bicyclic) bond motifs is 1. The Bertz CT molecular complexity index is 765. The highest BCUT2D eigenvalue weighted by atomic mass is 35.5. The zero-order chi connectivity index (χ0) is 13.4. The number of esters is 1. The van der Waals surface area contributed by atoms with Crippen LogP contribution in [0.4, 0.5) is 0 Å². The topological polar surface area (TPSA) is 111 Å². The first-order valence-electron chi connectivity index (χ1n) is 5.06. The number of aromatic nitrogens is 7. The van der Waals surface area contributed by atoms with Gasteiger partial charge in [0.25, 0.3) is 5.82 Å². The van der Waals surface area contributed by atoms with Crippen LogP contribution in [0.15, 0.2) is 12.5 Å². The summed E-state index contributed by atoms with van der Waals surface area (Å²) in [5, 5.41) is 11.1. The number of hydrogen-bond acceptors (Lipinski definition) is 7. The van der Waals surface area contributed by atoms with Crippen molar-refractivity contribution in [1.82, 2.24) is 34.9 Å². The molecule has 0 fully saturated rings. The van der Waals surface area contributed by atoms with Crippen molar-refractivity contribution in [1.29, 1.82) is 0 Å². The van der Waals surface area contributed by atoms with E-state index in [4.69, 9.17) is 11.6 Å². The van der Waals surface area contributed by atoms with Crippen molar-refractivity contribution in [2.75, 3.05) is 7.11 Å². The Labute approximate surface area is 110 Å². The van der Waals surface area contributed by atoms with Gasteiger partial charge in [0.2, 0.25) is 5.28 Å². The number of nitrogens with zero attached hydrogens (tertiary/aromatic N) is 6. The van der Waals surface area contributed by atoms with Crippen LogP contribution in [0.1, 0.15) is 10.6 Å². The zero-order valence-corrected chi connectivity index (χ0v) is 10.3. The van der Waals surface area contributed by atoms with Crippen LogP contribution in [0.3, 0.4) is 0 Å². The summed E-state index contributed by atoms with van der Waals surface area (Å²) in [6.45, 7) is 0. The van der Waals surface area contributed by atoms with E-state index in [0.29, 0.717) is 16.9 Å². The summed E-state index contributed by atoms with van der Waals surface area (Å²) in [7, 11) is 1.25. The van der Waals surface area contributed by atoms with Crippen LogP contribution in [0, 0.1) is 0 Å². The van der Waals surface area contributed by atoms with Crippen molar-refractivity contribution in [3.63, 3.8) is 0 Å². The van der Waals surface area contributed by atoms with Crippen molar-refractivity contribution in [3.05, 3.63) is 23.6 Å². The third-order valence-corrected chi connectivity index (χ3v) is 2.51. The van der Waals surface area contributed by atoms with E-state index >= 15 is 0 Å². The molecule has 0 aliphatic heterocycles. The van der Waals surface area contributed by atoms with E-state index in [2.05, 4.69) is 35.0 Å². The van der Waals surface area contributed by atoms with Gasteiger partial charge in [-0.15, -0.1) is 5.10 Å². The third kappa shape index (κ3) is 1.89. The average Bonchev–Trinajstić information content (AvgIpc) is 3.05. The number of rotatable bonds is 2. The molecule has 19 heavy (non-hydrogen) atoms. The molecule has 3 aromatic rings. The second-order valence-corrected chi connectivity index (χ2v) is 3.79. The van der Waals surface area contributed by atoms with Gasteiger partial charge >= 0.3 is 5.97 Å². The highest BCUT2D eigenvalue weighted by Crippen LogP contribution is 2.18. The summed E-state index contributed by atoms with van der Waals surface area (Å²) in [4.78, 5) is 23.1. The molecule has 0 unspecified atom stereocenters. The minimum atomic E-state index is -0.637. The van der Waals surface area contributed by atoms with E-state index in [1.54, 1.807) is 0 Å². The number of halogens is 1. The summed E-state index contributed by atoms with van der Waals surface area (Å²) in [5.41, 5.74) is 0.463. The quantitative estimate of drug-likeness (QED) is 0.533. The summed E-state index contributed by atoms with van der Waals surface area (Å²) in [6.07, 6.45) is 2.86. The van der Waals surface area contributed by atoms with E-state index in [-0.39, 0.29) is 11.1 Å². The molecule has 0 saturated carbocycles. The van der Waals surface area contributed by atoms with E-state index in [9.17, 15) is 4.79 Å². The Balaban J connectivity index is 2.16. The lowest BCUT2D eigenvalue weighted by Crippen LogP contribution is -2.06. The van der Waals surface area contributed by atoms with Crippen molar-refractivity contribution >= 4 is 28.6 Å². The van der Waals surface area contributed by atoms with E-state index < -0.39 is 5.97 Å². The zero-order valence-electron chi connectivity index (χ0n) is 9.53. The van der Waals surface area contributed by atoms with Crippen LogP contribution in [0.2, 0.25) is 5.28 Å². The largest absolute Gasteiger partial charge is 0.463 e. The predicted octanol–water partition coefficient (Wildman–Crippen LogP) is 0.374. The standard InChI is InChI=1S/C9H6ClN7O2/c1-19-8(18)6-11-3-17(16-6)7-4-2-12-15-5(4)13-9(10)14-7/h2-3H,1H3,(H,12,13,14,15). The fourth-order valence-electron chi connectivity index (χ4n) is 1.52. The number of methoxy groups -OCH3 is 1. The van der Waals surface area contributed by atoms with Gasteiger partial charge in [-0.3, -0.25) is 5.10 Å². The van der Waals surface area contributed by atoms with Crippen molar-refractivity contribution < 1.29 is 9.53 Å². The fraction of sp³-hybridized carbons (Fsp3) is 0.111. The smallest absolute Gasteiger partial charge is 0.377 e. The average molecular weight is 280 g/mol. The summed E-state index contributed by atoms with van der Waals surface area (Å²) < 4.78 is 5.83. The van der Waals surface area contributed by atoms with Crippen LogP contribution in [-0.2, 0) is 4.74 Å². The maximum atomic E-state index is 11.3. The molecule has 0 aliphatic rings. The predicted molar refractivity (Wildman–Crippen MR) is 63.0 cm³/mol. The van der Waals surface area contributed by atoms with Gasteiger partial charge in [0.05, 0.1) is 18.7 Å². The van der Waals surface area contributed by atoms with Crippen LogP contribution >= 0.6 is 11.6 Å². The molecule has 9 nitrogen and oxygen atoms in total. The number of carbonyl (C=O) groups is 1. The van der Waals surface area contributed by atoms with Gasteiger partial charge in [-0.1, -0.05) is 0 Å². The Hall–Kier alpha value is -2.55. The molecular weight excluding hydrogens is 274 g/mol. The normalized spacial score (nSPS) is 10.8. The molecule has 96 valence electrons. The summed E-state index contributed by atoms with van der Waals surface area (Å²) in [5.74, 6) is -0.345. The lowest BCUT2D eigenvalue weighted by Gasteiger charge is -2.00. The van der Waals surface area contributed by atoms with Gasteiger partial charge < -0.3 is 4.74 Å². The third-order valence-electron chi connectivity index (χ3n) is 2.34. The van der Waals surface area contributed by atoms with Gasteiger partial charge in [0.15, 0.2) is 11.5 Å². The number of nitrogens with one attached hydrogen (secondary N) is 1. The molecule has 0 radical (unpaired) electrons. The van der Waals surface area contributed by atoms with Crippen LogP contribution < -0.4 is 0 Å². The summed E-state index contributed by atoms with van der Waals surface area (Å²) >= 11 is 5.80. The molecule has 0 saturated heterocycles. The molecule has 0 aliphatic carbocycles. The van der Waals surface area contributed by atoms with Gasteiger partial charge in [-0.2, -0.15) is 15.1 Å². The first-order valence-corrected chi connectivity index (χ1v) is 5.44. The molecule has 0 aromatic carbocycles. The molecular formula is C9H6ClN7O2. The monoisotopic (exact) mass is 279 g/mol. The van der Waals surface area contributed by atoms with Gasteiger partial charge in [0.1, 0.15) is 6.33 Å². The Kier molecular flexibility index (Phi) is 2.60. The molecule has 3 rings (SSSR count). The second-order valence-electron chi connectivity index (χ2n) is 3.45. The number of H-pyrrole nitrogens is 1. The SMILES string of the molecule is COC(=O)c1ncn(-c2nc(Cl)nc3[nH]ncc23)n1. The molecule has 0 bridgehead atoms. The van der Waals surface area contributed by atoms with E-state index in [1.807, 2.05) is 0 Å². The van der Waals surface area contributed by atoms with Crippen LogP contribution in [0.25, 0.3) is 16.9 Å². The van der Waals surface area contributed by atoms with Crippen molar-refractivity contribution in [2.24, 2.45) is 0 Å². The van der Waals surface area contributed by atoms with Gasteiger partial charge in [-0.05, 0) is 11.6 Å². The van der Waals surface area contributed by atoms with E-state index in [1.165, 1.54) is 24.3 Å². The minimum Gasteiger partial charge on any atom is -0.463 e. The van der Waals surface area contributed by atoms with Crippen LogP contribution in [-0.4, -0.2) is 48.0 Å². The van der Waals surface area contributed by atoms with Gasteiger partial charge in [-0.25, -0.2) is 14.5 Å². The van der Waals surface area contributed by atoms with Crippen molar-refractivity contribution in [3.8, 4) is 5.82 Å². The number of ether oxygens (including phenoxy) is 1. The maximum absolute atomic E-state index is 11.3. The first-order chi connectivity index (χ1) is 9.19. The molecule has 0 atom stereocenters. The van der Waals surface area contributed by atoms with E-state index in [0.717, 1.165) is 0 Å². The summed E-state index contributed by atoms with van der Waals surface area (Å²) in [6, 6.07) is 0. The van der Waals surface area contributed by atoms with Crippen molar-refractivity contribution in [2.45, 2.75) is 0 Å². The molecule has 0 spiro atoms. The Morgan fingerprint density at radius 2 is 2.32 bits per heavy atom. The molecule has 3 heterocycles. The Morgan fingerprint density at radius 3 is 3.11 bits per heavy atom. The highest BCUT2D eigenvalue weighted by Gasteiger charge is 2.16. The molecule has 10 heteroatoms. The Morgan fingerprint density at radius 1 is 1.47 bits per heavy atom. The fourth-order valence-corrected chi connectivity index (χ4v) is 1.68. The molecule has 3 aromatic heterocycles. The maximum Gasteiger partial charge on any atom is 0.377 e. The minimum absolute atomic E-state index is 0.0295. The lowest BCUT2D eigenvalue weighted by atomic mass is 10.4. The number of aromatic amines is 1. The number of hydrogen-bond donors (Lipinski definition) is 1.